The Morgan fingerprint density at radius 3 is 2.81 bits per heavy atom. The van der Waals surface area contributed by atoms with E-state index in [4.69, 9.17) is 10.00 Å². The molecule has 0 fully saturated rings. The SMILES string of the molecule is COc1cccc(Cn2c(CC#N)nc3ccccc32)n1. The highest BCUT2D eigenvalue weighted by Crippen LogP contribution is 2.18. The minimum atomic E-state index is 0.276. The molecule has 0 amide bonds. The number of benzene rings is 1. The van der Waals surface area contributed by atoms with Gasteiger partial charge in [0.05, 0.1) is 42.9 Å². The Hall–Kier alpha value is -2.87. The maximum absolute atomic E-state index is 8.98. The summed E-state index contributed by atoms with van der Waals surface area (Å²) in [5.41, 5.74) is 2.77. The van der Waals surface area contributed by atoms with E-state index in [1.54, 1.807) is 7.11 Å². The van der Waals surface area contributed by atoms with Crippen molar-refractivity contribution in [3.05, 3.63) is 54.0 Å². The third kappa shape index (κ3) is 2.56. The Morgan fingerprint density at radius 2 is 2.00 bits per heavy atom. The number of fused-ring (bicyclic) bond motifs is 1. The molecule has 0 N–H and O–H groups in total. The first-order valence-corrected chi connectivity index (χ1v) is 6.63. The molecule has 3 rings (SSSR count). The van der Waals surface area contributed by atoms with Gasteiger partial charge in [0.15, 0.2) is 0 Å². The molecule has 104 valence electrons. The summed E-state index contributed by atoms with van der Waals surface area (Å²) in [5, 5.41) is 8.98. The number of pyridine rings is 1. The van der Waals surface area contributed by atoms with Crippen LogP contribution in [0, 0.1) is 11.3 Å². The fraction of sp³-hybridized carbons (Fsp3) is 0.188. The third-order valence-corrected chi connectivity index (χ3v) is 3.28. The van der Waals surface area contributed by atoms with E-state index >= 15 is 0 Å². The molecule has 0 atom stereocenters. The molecule has 0 aliphatic carbocycles. The van der Waals surface area contributed by atoms with Crippen molar-refractivity contribution in [1.82, 2.24) is 14.5 Å². The zero-order valence-electron chi connectivity index (χ0n) is 11.7. The molecule has 0 aliphatic heterocycles. The lowest BCUT2D eigenvalue weighted by Gasteiger charge is -2.08. The molecule has 0 unspecified atom stereocenters. The van der Waals surface area contributed by atoms with Crippen LogP contribution in [0.15, 0.2) is 42.5 Å². The summed E-state index contributed by atoms with van der Waals surface area (Å²) in [7, 11) is 1.60. The fourth-order valence-electron chi connectivity index (χ4n) is 2.33. The van der Waals surface area contributed by atoms with Crippen molar-refractivity contribution in [2.24, 2.45) is 0 Å². The monoisotopic (exact) mass is 278 g/mol. The highest BCUT2D eigenvalue weighted by Gasteiger charge is 2.11. The van der Waals surface area contributed by atoms with Crippen molar-refractivity contribution >= 4 is 11.0 Å². The number of nitrogens with zero attached hydrogens (tertiary/aromatic N) is 4. The van der Waals surface area contributed by atoms with Gasteiger partial charge in [0.25, 0.3) is 0 Å². The van der Waals surface area contributed by atoms with Crippen molar-refractivity contribution in [3.63, 3.8) is 0 Å². The number of methoxy groups -OCH3 is 1. The molecule has 3 aromatic rings. The van der Waals surface area contributed by atoms with Crippen molar-refractivity contribution in [3.8, 4) is 11.9 Å². The quantitative estimate of drug-likeness (QED) is 0.735. The van der Waals surface area contributed by atoms with Crippen molar-refractivity contribution < 1.29 is 4.74 Å². The average molecular weight is 278 g/mol. The lowest BCUT2D eigenvalue weighted by atomic mass is 10.3. The van der Waals surface area contributed by atoms with E-state index in [0.29, 0.717) is 12.4 Å². The second kappa shape index (κ2) is 5.63. The van der Waals surface area contributed by atoms with Crippen LogP contribution in [0.25, 0.3) is 11.0 Å². The van der Waals surface area contributed by atoms with Gasteiger partial charge >= 0.3 is 0 Å². The van der Waals surface area contributed by atoms with Gasteiger partial charge in [-0.15, -0.1) is 0 Å². The van der Waals surface area contributed by atoms with Crippen LogP contribution in [0.1, 0.15) is 11.5 Å². The predicted octanol–water partition coefficient (Wildman–Crippen LogP) is 2.55. The Morgan fingerprint density at radius 1 is 1.14 bits per heavy atom. The van der Waals surface area contributed by atoms with E-state index in [2.05, 4.69) is 16.0 Å². The van der Waals surface area contributed by atoms with Crippen LogP contribution in [0.5, 0.6) is 5.88 Å². The molecule has 1 aromatic carbocycles. The van der Waals surface area contributed by atoms with E-state index < -0.39 is 0 Å². The number of nitriles is 1. The van der Waals surface area contributed by atoms with E-state index in [-0.39, 0.29) is 6.42 Å². The Labute approximate surface area is 122 Å². The van der Waals surface area contributed by atoms with Crippen LogP contribution in [0.3, 0.4) is 0 Å². The fourth-order valence-corrected chi connectivity index (χ4v) is 2.33. The van der Waals surface area contributed by atoms with Gasteiger partial charge in [0.2, 0.25) is 5.88 Å². The Bertz CT molecular complexity index is 817. The predicted molar refractivity (Wildman–Crippen MR) is 78.9 cm³/mol. The molecule has 0 aliphatic rings. The zero-order valence-corrected chi connectivity index (χ0v) is 11.7. The van der Waals surface area contributed by atoms with Gasteiger partial charge in [-0.25, -0.2) is 9.97 Å². The number of rotatable bonds is 4. The molecule has 2 aromatic heterocycles. The standard InChI is InChI=1S/C16H14N4O/c1-21-16-8-4-5-12(18-16)11-20-14-7-3-2-6-13(14)19-15(20)9-10-17/h2-8H,9,11H2,1H3. The first kappa shape index (κ1) is 13.1. The second-order valence-electron chi connectivity index (χ2n) is 4.61. The number of para-hydroxylation sites is 2. The van der Waals surface area contributed by atoms with Crippen LogP contribution >= 0.6 is 0 Å². The number of aromatic nitrogens is 3. The van der Waals surface area contributed by atoms with Crippen molar-refractivity contribution in [2.75, 3.05) is 7.11 Å². The second-order valence-corrected chi connectivity index (χ2v) is 4.61. The largest absolute Gasteiger partial charge is 0.481 e. The first-order chi connectivity index (χ1) is 10.3. The summed E-state index contributed by atoms with van der Waals surface area (Å²) in [6, 6.07) is 15.7. The van der Waals surface area contributed by atoms with Gasteiger partial charge < -0.3 is 9.30 Å². The molecular formula is C16H14N4O. The minimum absolute atomic E-state index is 0.276. The number of hydrogen-bond donors (Lipinski definition) is 0. The molecule has 0 bridgehead atoms. The lowest BCUT2D eigenvalue weighted by molar-refractivity contribution is 0.396. The zero-order chi connectivity index (χ0) is 14.7. The summed E-state index contributed by atoms with van der Waals surface area (Å²) in [6.07, 6.45) is 0.276. The maximum atomic E-state index is 8.98. The van der Waals surface area contributed by atoms with Crippen LogP contribution in [0.4, 0.5) is 0 Å². The number of hydrogen-bond acceptors (Lipinski definition) is 4. The Balaban J connectivity index is 2.06. The molecule has 5 nitrogen and oxygen atoms in total. The first-order valence-electron chi connectivity index (χ1n) is 6.63. The molecule has 0 saturated carbocycles. The highest BCUT2D eigenvalue weighted by molar-refractivity contribution is 5.76. The summed E-state index contributed by atoms with van der Waals surface area (Å²) < 4.78 is 7.18. The molecule has 0 spiro atoms. The molecule has 5 heteroatoms. The number of imidazole rings is 1. The summed E-state index contributed by atoms with van der Waals surface area (Å²) in [5.74, 6) is 1.34. The van der Waals surface area contributed by atoms with E-state index in [1.807, 2.05) is 47.0 Å². The van der Waals surface area contributed by atoms with E-state index in [1.165, 1.54) is 0 Å². The molecule has 0 radical (unpaired) electrons. The maximum Gasteiger partial charge on any atom is 0.213 e. The highest BCUT2D eigenvalue weighted by atomic mass is 16.5. The van der Waals surface area contributed by atoms with Gasteiger partial charge in [0.1, 0.15) is 5.82 Å². The van der Waals surface area contributed by atoms with Gasteiger partial charge in [-0.05, 0) is 18.2 Å². The van der Waals surface area contributed by atoms with Crippen LogP contribution in [-0.2, 0) is 13.0 Å². The molecule has 21 heavy (non-hydrogen) atoms. The van der Waals surface area contributed by atoms with Crippen LogP contribution in [0.2, 0.25) is 0 Å². The Kier molecular flexibility index (Phi) is 3.52. The van der Waals surface area contributed by atoms with Crippen molar-refractivity contribution in [1.29, 1.82) is 5.26 Å². The van der Waals surface area contributed by atoms with E-state index in [9.17, 15) is 0 Å². The lowest BCUT2D eigenvalue weighted by Crippen LogP contribution is -2.06. The average Bonchev–Trinajstić information content (AvgIpc) is 2.86. The molecule has 2 heterocycles. The minimum Gasteiger partial charge on any atom is -0.481 e. The summed E-state index contributed by atoms with van der Waals surface area (Å²) in [4.78, 5) is 8.94. The normalized spacial score (nSPS) is 10.5. The van der Waals surface area contributed by atoms with Gasteiger partial charge in [-0.1, -0.05) is 18.2 Å². The summed E-state index contributed by atoms with van der Waals surface area (Å²) in [6.45, 7) is 0.564. The van der Waals surface area contributed by atoms with Crippen molar-refractivity contribution in [2.45, 2.75) is 13.0 Å². The van der Waals surface area contributed by atoms with Gasteiger partial charge in [-0.3, -0.25) is 0 Å². The van der Waals surface area contributed by atoms with Crippen LogP contribution < -0.4 is 4.74 Å². The topological polar surface area (TPSA) is 63.7 Å². The molecule has 0 saturated heterocycles. The van der Waals surface area contributed by atoms with Gasteiger partial charge in [0, 0.05) is 6.07 Å². The molecular weight excluding hydrogens is 264 g/mol. The smallest absolute Gasteiger partial charge is 0.213 e. The van der Waals surface area contributed by atoms with Crippen LogP contribution in [-0.4, -0.2) is 21.6 Å². The van der Waals surface area contributed by atoms with E-state index in [0.717, 1.165) is 22.6 Å². The number of ether oxygens (including phenoxy) is 1. The third-order valence-electron chi connectivity index (χ3n) is 3.28. The summed E-state index contributed by atoms with van der Waals surface area (Å²) >= 11 is 0. The van der Waals surface area contributed by atoms with Gasteiger partial charge in [-0.2, -0.15) is 5.26 Å².